The summed E-state index contributed by atoms with van der Waals surface area (Å²) in [6.07, 6.45) is 1.15. The Morgan fingerprint density at radius 3 is 2.04 bits per heavy atom. The van der Waals surface area contributed by atoms with E-state index in [4.69, 9.17) is 0 Å². The highest BCUT2D eigenvalue weighted by Crippen LogP contribution is 2.42. The molecule has 0 radical (unpaired) electrons. The normalized spacial score (nSPS) is 13.1. The molecule has 2 aromatic carbocycles. The maximum atomic E-state index is 13.3. The quantitative estimate of drug-likeness (QED) is 0.613. The topological polar surface area (TPSA) is 86.6 Å². The molecular weight excluding hydrogens is 354 g/mol. The molecule has 3 rings (SSSR count). The van der Waals surface area contributed by atoms with Crippen LogP contribution in [0.25, 0.3) is 0 Å². The molecule has 5 nitrogen and oxygen atoms in total. The third-order valence-corrected chi connectivity index (χ3v) is 5.12. The van der Waals surface area contributed by atoms with Crippen molar-refractivity contribution in [1.29, 1.82) is 0 Å². The van der Waals surface area contributed by atoms with E-state index in [0.717, 1.165) is 0 Å². The van der Waals surface area contributed by atoms with Gasteiger partial charge in [-0.1, -0.05) is 33.8 Å². The van der Waals surface area contributed by atoms with E-state index in [0.29, 0.717) is 29.7 Å². The van der Waals surface area contributed by atoms with Crippen LogP contribution in [0.1, 0.15) is 70.7 Å². The molecule has 3 N–H and O–H groups in total. The van der Waals surface area contributed by atoms with Gasteiger partial charge >= 0.3 is 0 Å². The van der Waals surface area contributed by atoms with Crippen LogP contribution in [0.2, 0.25) is 0 Å². The van der Waals surface area contributed by atoms with E-state index in [9.17, 15) is 19.8 Å². The van der Waals surface area contributed by atoms with Crippen molar-refractivity contribution >= 4 is 17.3 Å². The molecule has 2 aromatic rings. The standard InChI is InChI=1S/C23H27NO4/c1-11(2)8-13-6-7-14-18(20(13)25)23(28)19-16(21(14)26)10-17(24-5)15(22(19)27)9-12(3)4/h6-7,10-12,24-25,27H,8-9H2,1-5H3. The van der Waals surface area contributed by atoms with Gasteiger partial charge < -0.3 is 15.5 Å². The summed E-state index contributed by atoms with van der Waals surface area (Å²) >= 11 is 0. The van der Waals surface area contributed by atoms with Crippen molar-refractivity contribution in [2.75, 3.05) is 12.4 Å². The first-order valence-electron chi connectivity index (χ1n) is 9.68. The molecule has 0 aliphatic heterocycles. The van der Waals surface area contributed by atoms with E-state index in [1.165, 1.54) is 0 Å². The van der Waals surface area contributed by atoms with Gasteiger partial charge in [-0.2, -0.15) is 0 Å². The van der Waals surface area contributed by atoms with E-state index in [1.54, 1.807) is 25.2 Å². The molecule has 0 spiro atoms. The van der Waals surface area contributed by atoms with Crippen molar-refractivity contribution in [3.8, 4) is 11.5 Å². The number of carbonyl (C=O) groups excluding carboxylic acids is 2. The van der Waals surface area contributed by atoms with Crippen molar-refractivity contribution in [1.82, 2.24) is 0 Å². The lowest BCUT2D eigenvalue weighted by Gasteiger charge is -2.24. The summed E-state index contributed by atoms with van der Waals surface area (Å²) < 4.78 is 0. The van der Waals surface area contributed by atoms with Crippen molar-refractivity contribution in [3.05, 3.63) is 51.6 Å². The molecular formula is C23H27NO4. The van der Waals surface area contributed by atoms with Crippen molar-refractivity contribution < 1.29 is 19.8 Å². The Balaban J connectivity index is 2.25. The number of carbonyl (C=O) groups is 2. The van der Waals surface area contributed by atoms with Crippen LogP contribution in [0.4, 0.5) is 5.69 Å². The van der Waals surface area contributed by atoms with Crippen molar-refractivity contribution in [3.63, 3.8) is 0 Å². The number of aromatic hydroxyl groups is 2. The zero-order valence-electron chi connectivity index (χ0n) is 17.0. The first-order chi connectivity index (χ1) is 13.2. The molecule has 148 valence electrons. The van der Waals surface area contributed by atoms with Crippen LogP contribution in [0.3, 0.4) is 0 Å². The largest absolute Gasteiger partial charge is 0.507 e. The molecule has 0 saturated heterocycles. The molecule has 0 fully saturated rings. The molecule has 28 heavy (non-hydrogen) atoms. The maximum absolute atomic E-state index is 13.3. The fourth-order valence-corrected chi connectivity index (χ4v) is 3.88. The minimum Gasteiger partial charge on any atom is -0.507 e. The van der Waals surface area contributed by atoms with Gasteiger partial charge in [0.2, 0.25) is 5.78 Å². The van der Waals surface area contributed by atoms with E-state index in [-0.39, 0.29) is 51.4 Å². The summed E-state index contributed by atoms with van der Waals surface area (Å²) in [5.74, 6) is -0.652. The van der Waals surface area contributed by atoms with Crippen molar-refractivity contribution in [2.24, 2.45) is 11.8 Å². The van der Waals surface area contributed by atoms with Gasteiger partial charge in [0.05, 0.1) is 11.1 Å². The third-order valence-electron chi connectivity index (χ3n) is 5.12. The number of phenols is 2. The zero-order chi connectivity index (χ0) is 20.7. The van der Waals surface area contributed by atoms with Gasteiger partial charge in [-0.15, -0.1) is 0 Å². The number of fused-ring (bicyclic) bond motifs is 2. The van der Waals surface area contributed by atoms with E-state index in [1.807, 2.05) is 27.7 Å². The summed E-state index contributed by atoms with van der Waals surface area (Å²) in [6.45, 7) is 8.07. The Bertz CT molecular complexity index is 973. The van der Waals surface area contributed by atoms with E-state index in [2.05, 4.69) is 5.32 Å². The van der Waals surface area contributed by atoms with Crippen LogP contribution in [-0.4, -0.2) is 28.8 Å². The highest BCUT2D eigenvalue weighted by atomic mass is 16.3. The lowest BCUT2D eigenvalue weighted by Crippen LogP contribution is -2.23. The Morgan fingerprint density at radius 2 is 1.46 bits per heavy atom. The van der Waals surface area contributed by atoms with Crippen LogP contribution in [0.5, 0.6) is 11.5 Å². The number of ketones is 2. The van der Waals surface area contributed by atoms with E-state index >= 15 is 0 Å². The highest BCUT2D eigenvalue weighted by molar-refractivity contribution is 6.30. The molecule has 0 atom stereocenters. The summed E-state index contributed by atoms with van der Waals surface area (Å²) in [4.78, 5) is 26.4. The first-order valence-corrected chi connectivity index (χ1v) is 9.68. The SMILES string of the molecule is CNc1cc2c(c(O)c1CC(C)C)C(=O)c1c(ccc(CC(C)C)c1O)C2=O. The van der Waals surface area contributed by atoms with Gasteiger partial charge in [0.15, 0.2) is 5.78 Å². The molecule has 0 aromatic heterocycles. The third kappa shape index (κ3) is 3.15. The number of anilines is 1. The average Bonchev–Trinajstić information content (AvgIpc) is 2.62. The molecule has 0 amide bonds. The fourth-order valence-electron chi connectivity index (χ4n) is 3.88. The Hall–Kier alpha value is -2.82. The van der Waals surface area contributed by atoms with Crippen LogP contribution in [-0.2, 0) is 12.8 Å². The number of benzene rings is 2. The van der Waals surface area contributed by atoms with Gasteiger partial charge in [0.25, 0.3) is 0 Å². The molecule has 1 aliphatic carbocycles. The molecule has 0 unspecified atom stereocenters. The second-order valence-corrected chi connectivity index (χ2v) is 8.27. The Labute approximate surface area is 165 Å². The number of rotatable bonds is 5. The van der Waals surface area contributed by atoms with Gasteiger partial charge in [-0.25, -0.2) is 0 Å². The number of hydrogen-bond donors (Lipinski definition) is 3. The zero-order valence-corrected chi connectivity index (χ0v) is 17.0. The first kappa shape index (κ1) is 19.9. The lowest BCUT2D eigenvalue weighted by molar-refractivity contribution is 0.0974. The van der Waals surface area contributed by atoms with Crippen LogP contribution in [0, 0.1) is 11.8 Å². The van der Waals surface area contributed by atoms with Crippen LogP contribution < -0.4 is 5.32 Å². The molecule has 5 heteroatoms. The van der Waals surface area contributed by atoms with Crippen LogP contribution >= 0.6 is 0 Å². The molecule has 0 bridgehead atoms. The second-order valence-electron chi connectivity index (χ2n) is 8.27. The minimum absolute atomic E-state index is 0.00125. The van der Waals surface area contributed by atoms with Gasteiger partial charge in [0.1, 0.15) is 11.5 Å². The Kier molecular flexibility index (Phi) is 5.20. The summed E-state index contributed by atoms with van der Waals surface area (Å²) in [6, 6.07) is 4.94. The lowest BCUT2D eigenvalue weighted by atomic mass is 9.79. The van der Waals surface area contributed by atoms with E-state index < -0.39 is 5.78 Å². The molecule has 0 heterocycles. The van der Waals surface area contributed by atoms with Gasteiger partial charge in [0, 0.05) is 29.4 Å². The predicted molar refractivity (Wildman–Crippen MR) is 110 cm³/mol. The number of phenolic OH excluding ortho intramolecular Hbond substituents is 2. The number of nitrogens with one attached hydrogen (secondary N) is 1. The fraction of sp³-hybridized carbons (Fsp3) is 0.391. The predicted octanol–water partition coefficient (Wildman–Crippen LogP) is 4.31. The minimum atomic E-state index is -0.502. The number of hydrogen-bond acceptors (Lipinski definition) is 5. The van der Waals surface area contributed by atoms with Gasteiger partial charge in [-0.05, 0) is 42.4 Å². The molecule has 1 aliphatic rings. The molecule has 0 saturated carbocycles. The van der Waals surface area contributed by atoms with Gasteiger partial charge in [-0.3, -0.25) is 9.59 Å². The second kappa shape index (κ2) is 7.30. The smallest absolute Gasteiger partial charge is 0.201 e. The maximum Gasteiger partial charge on any atom is 0.201 e. The average molecular weight is 381 g/mol. The summed E-state index contributed by atoms with van der Waals surface area (Å²) in [5.41, 5.74) is 2.21. The van der Waals surface area contributed by atoms with Crippen LogP contribution in [0.15, 0.2) is 18.2 Å². The van der Waals surface area contributed by atoms with Crippen molar-refractivity contribution in [2.45, 2.75) is 40.5 Å². The highest BCUT2D eigenvalue weighted by Gasteiger charge is 2.36. The Morgan fingerprint density at radius 1 is 0.857 bits per heavy atom. The summed E-state index contributed by atoms with van der Waals surface area (Å²) in [5, 5.41) is 24.7. The summed E-state index contributed by atoms with van der Waals surface area (Å²) in [7, 11) is 1.72. The monoisotopic (exact) mass is 381 g/mol.